The molecular weight excluding hydrogens is 383 g/mol. The Labute approximate surface area is 172 Å². The molecule has 1 amide bonds. The minimum atomic E-state index is -0.418. The van der Waals surface area contributed by atoms with Gasteiger partial charge in [0, 0.05) is 30.2 Å². The van der Waals surface area contributed by atoms with E-state index in [1.165, 1.54) is 12.1 Å². The van der Waals surface area contributed by atoms with Crippen molar-refractivity contribution in [1.82, 2.24) is 20.1 Å². The molecule has 30 heavy (non-hydrogen) atoms. The number of hydrogen-bond donors (Lipinski definition) is 0. The first kappa shape index (κ1) is 18.4. The Hall–Kier alpha value is -3.61. The zero-order chi connectivity index (χ0) is 20.5. The van der Waals surface area contributed by atoms with Crippen LogP contribution in [0.3, 0.4) is 0 Å². The summed E-state index contributed by atoms with van der Waals surface area (Å²) in [6, 6.07) is 15.6. The van der Waals surface area contributed by atoms with Gasteiger partial charge < -0.3 is 9.32 Å². The number of carbonyl (C=O) groups excluding carboxylic acids is 1. The number of fused-ring (bicyclic) bond motifs is 1. The van der Waals surface area contributed by atoms with Crippen molar-refractivity contribution < 1.29 is 13.6 Å². The molecule has 4 aromatic rings. The average molecular weight is 402 g/mol. The van der Waals surface area contributed by atoms with Crippen molar-refractivity contribution in [2.24, 2.45) is 0 Å². The maximum atomic E-state index is 13.5. The zero-order valence-electron chi connectivity index (χ0n) is 16.2. The van der Waals surface area contributed by atoms with Gasteiger partial charge in [0.2, 0.25) is 5.89 Å². The lowest BCUT2D eigenvalue weighted by molar-refractivity contribution is 0.0698. The van der Waals surface area contributed by atoms with Gasteiger partial charge >= 0.3 is 0 Å². The number of rotatable bonds is 3. The van der Waals surface area contributed by atoms with Crippen LogP contribution in [-0.2, 0) is 0 Å². The quantitative estimate of drug-likeness (QED) is 0.506. The standard InChI is InChI=1S/C23H19FN4O2/c24-18-8-3-6-16(13-18)23(29)28-12-4-7-17(14-28)21-26-27-22(30-21)20-19-9-2-1-5-15(19)10-11-25-20/h1-3,5-6,8-11,13,17H,4,7,12,14H2/t17-/m1/s1. The molecule has 1 atom stereocenters. The molecule has 0 radical (unpaired) electrons. The topological polar surface area (TPSA) is 72.1 Å². The fraction of sp³-hybridized carbons (Fsp3) is 0.217. The number of hydrogen-bond acceptors (Lipinski definition) is 5. The van der Waals surface area contributed by atoms with E-state index < -0.39 is 5.82 Å². The van der Waals surface area contributed by atoms with Crippen LogP contribution in [0.25, 0.3) is 22.4 Å². The number of halogens is 1. The summed E-state index contributed by atoms with van der Waals surface area (Å²) in [5.41, 5.74) is 0.997. The predicted molar refractivity (Wildman–Crippen MR) is 109 cm³/mol. The van der Waals surface area contributed by atoms with Gasteiger partial charge in [-0.25, -0.2) is 4.39 Å². The molecule has 2 aromatic heterocycles. The highest BCUT2D eigenvalue weighted by atomic mass is 19.1. The average Bonchev–Trinajstić information content (AvgIpc) is 3.28. The van der Waals surface area contributed by atoms with E-state index >= 15 is 0 Å². The first-order valence-corrected chi connectivity index (χ1v) is 9.91. The van der Waals surface area contributed by atoms with Crippen molar-refractivity contribution in [3.63, 3.8) is 0 Å². The van der Waals surface area contributed by atoms with Crippen LogP contribution >= 0.6 is 0 Å². The molecule has 0 spiro atoms. The SMILES string of the molecule is O=C(c1cccc(F)c1)N1CCC[C@@H](c2nnc(-c3nccc4ccccc34)o2)C1. The maximum Gasteiger partial charge on any atom is 0.266 e. The summed E-state index contributed by atoms with van der Waals surface area (Å²) < 4.78 is 19.5. The smallest absolute Gasteiger partial charge is 0.266 e. The number of benzene rings is 2. The molecule has 0 aliphatic carbocycles. The summed E-state index contributed by atoms with van der Waals surface area (Å²) in [5.74, 6) is 0.201. The number of piperidine rings is 1. The van der Waals surface area contributed by atoms with Gasteiger partial charge in [0.05, 0.1) is 5.92 Å². The molecule has 0 N–H and O–H groups in total. The van der Waals surface area contributed by atoms with Gasteiger partial charge in [-0.05, 0) is 42.5 Å². The van der Waals surface area contributed by atoms with E-state index in [1.807, 2.05) is 30.3 Å². The van der Waals surface area contributed by atoms with Crippen LogP contribution in [0.5, 0.6) is 0 Å². The van der Waals surface area contributed by atoms with E-state index in [2.05, 4.69) is 15.2 Å². The molecule has 5 rings (SSSR count). The van der Waals surface area contributed by atoms with Gasteiger partial charge in [-0.3, -0.25) is 9.78 Å². The molecule has 2 aromatic carbocycles. The molecule has 0 bridgehead atoms. The van der Waals surface area contributed by atoms with Gasteiger partial charge in [-0.15, -0.1) is 10.2 Å². The Balaban J connectivity index is 1.39. The van der Waals surface area contributed by atoms with E-state index in [4.69, 9.17) is 4.42 Å². The zero-order valence-corrected chi connectivity index (χ0v) is 16.2. The first-order chi connectivity index (χ1) is 14.7. The summed E-state index contributed by atoms with van der Waals surface area (Å²) in [7, 11) is 0. The molecule has 1 fully saturated rings. The van der Waals surface area contributed by atoms with E-state index in [0.29, 0.717) is 36.1 Å². The van der Waals surface area contributed by atoms with Crippen molar-refractivity contribution >= 4 is 16.7 Å². The van der Waals surface area contributed by atoms with Crippen LogP contribution in [0.4, 0.5) is 4.39 Å². The van der Waals surface area contributed by atoms with Gasteiger partial charge in [-0.1, -0.05) is 30.3 Å². The number of amides is 1. The van der Waals surface area contributed by atoms with Crippen LogP contribution in [0.2, 0.25) is 0 Å². The first-order valence-electron chi connectivity index (χ1n) is 9.91. The van der Waals surface area contributed by atoms with Crippen LogP contribution in [0, 0.1) is 5.82 Å². The molecule has 1 saturated heterocycles. The Morgan fingerprint density at radius 2 is 2.00 bits per heavy atom. The predicted octanol–water partition coefficient (Wildman–Crippen LogP) is 4.44. The fourth-order valence-corrected chi connectivity index (χ4v) is 3.95. The van der Waals surface area contributed by atoms with Gasteiger partial charge in [0.25, 0.3) is 11.8 Å². The second kappa shape index (κ2) is 7.67. The molecular formula is C23H19FN4O2. The minimum absolute atomic E-state index is 0.0625. The Morgan fingerprint density at radius 3 is 2.90 bits per heavy atom. The molecule has 7 heteroatoms. The number of pyridine rings is 1. The van der Waals surface area contributed by atoms with Gasteiger partial charge in [-0.2, -0.15) is 0 Å². The molecule has 3 heterocycles. The summed E-state index contributed by atoms with van der Waals surface area (Å²) in [6.07, 6.45) is 3.38. The Kier molecular flexibility index (Phi) is 4.71. The summed E-state index contributed by atoms with van der Waals surface area (Å²) in [5, 5.41) is 10.5. The molecule has 1 aliphatic heterocycles. The van der Waals surface area contributed by atoms with Gasteiger partial charge in [0.1, 0.15) is 11.5 Å². The summed E-state index contributed by atoms with van der Waals surface area (Å²) >= 11 is 0. The largest absolute Gasteiger partial charge is 0.419 e. The summed E-state index contributed by atoms with van der Waals surface area (Å²) in [4.78, 5) is 18.9. The number of nitrogens with zero attached hydrogens (tertiary/aromatic N) is 4. The summed E-state index contributed by atoms with van der Waals surface area (Å²) in [6.45, 7) is 1.08. The molecule has 150 valence electrons. The molecule has 1 aliphatic rings. The lowest BCUT2D eigenvalue weighted by atomic mass is 9.97. The molecule has 0 saturated carbocycles. The second-order valence-corrected chi connectivity index (χ2v) is 7.43. The van der Waals surface area contributed by atoms with Crippen LogP contribution in [-0.4, -0.2) is 39.1 Å². The van der Waals surface area contributed by atoms with Gasteiger partial charge in [0.15, 0.2) is 0 Å². The number of aromatic nitrogens is 3. The molecule has 0 unspecified atom stereocenters. The Bertz CT molecular complexity index is 1220. The van der Waals surface area contributed by atoms with Crippen molar-refractivity contribution in [1.29, 1.82) is 0 Å². The Morgan fingerprint density at radius 1 is 1.10 bits per heavy atom. The lowest BCUT2D eigenvalue weighted by Gasteiger charge is -2.31. The van der Waals surface area contributed by atoms with Crippen molar-refractivity contribution in [2.45, 2.75) is 18.8 Å². The van der Waals surface area contributed by atoms with Crippen molar-refractivity contribution in [3.05, 3.63) is 78.1 Å². The maximum absolute atomic E-state index is 13.5. The minimum Gasteiger partial charge on any atom is -0.419 e. The highest BCUT2D eigenvalue weighted by molar-refractivity contribution is 5.94. The van der Waals surface area contributed by atoms with Crippen LogP contribution in [0.1, 0.15) is 35.0 Å². The van der Waals surface area contributed by atoms with Crippen LogP contribution < -0.4 is 0 Å². The third-order valence-corrected chi connectivity index (χ3v) is 5.45. The van der Waals surface area contributed by atoms with Crippen molar-refractivity contribution in [2.75, 3.05) is 13.1 Å². The van der Waals surface area contributed by atoms with E-state index in [1.54, 1.807) is 23.2 Å². The lowest BCUT2D eigenvalue weighted by Crippen LogP contribution is -2.39. The van der Waals surface area contributed by atoms with E-state index in [9.17, 15) is 9.18 Å². The third-order valence-electron chi connectivity index (χ3n) is 5.45. The number of likely N-dealkylation sites (tertiary alicyclic amines) is 1. The van der Waals surface area contributed by atoms with E-state index in [0.717, 1.165) is 23.6 Å². The second-order valence-electron chi connectivity index (χ2n) is 7.43. The highest BCUT2D eigenvalue weighted by Crippen LogP contribution is 2.31. The third kappa shape index (κ3) is 3.43. The highest BCUT2D eigenvalue weighted by Gasteiger charge is 2.29. The van der Waals surface area contributed by atoms with E-state index in [-0.39, 0.29) is 11.8 Å². The normalized spacial score (nSPS) is 16.7. The molecule has 6 nitrogen and oxygen atoms in total. The number of carbonyl (C=O) groups is 1. The monoisotopic (exact) mass is 402 g/mol. The van der Waals surface area contributed by atoms with Crippen LogP contribution in [0.15, 0.2) is 65.2 Å². The van der Waals surface area contributed by atoms with Crippen molar-refractivity contribution in [3.8, 4) is 11.6 Å². The fourth-order valence-electron chi connectivity index (χ4n) is 3.95.